The number of aromatic amines is 1. The van der Waals surface area contributed by atoms with Crippen molar-refractivity contribution in [1.82, 2.24) is 9.55 Å². The van der Waals surface area contributed by atoms with Crippen molar-refractivity contribution in [3.05, 3.63) is 33.1 Å². The van der Waals surface area contributed by atoms with Gasteiger partial charge in [0.25, 0.3) is 5.56 Å². The lowest BCUT2D eigenvalue weighted by atomic mass is 9.92. The van der Waals surface area contributed by atoms with Gasteiger partial charge in [-0.15, -0.1) is 0 Å². The summed E-state index contributed by atoms with van der Waals surface area (Å²) in [5.41, 5.74) is -2.47. The molecule has 0 bridgehead atoms. The average molecular weight is 426 g/mol. The van der Waals surface area contributed by atoms with Gasteiger partial charge in [-0.3, -0.25) is 19.1 Å². The van der Waals surface area contributed by atoms with Gasteiger partial charge in [0.05, 0.1) is 6.10 Å². The van der Waals surface area contributed by atoms with Crippen molar-refractivity contribution in [2.45, 2.75) is 70.7 Å². The van der Waals surface area contributed by atoms with Crippen molar-refractivity contribution >= 4 is 20.5 Å². The zero-order valence-electron chi connectivity index (χ0n) is 18.1. The van der Waals surface area contributed by atoms with E-state index in [1.54, 1.807) is 0 Å². The number of H-pyrrole nitrogens is 1. The molecule has 9 nitrogen and oxygen atoms in total. The van der Waals surface area contributed by atoms with E-state index in [0.717, 1.165) is 6.21 Å². The Bertz CT molecular complexity index is 887. The van der Waals surface area contributed by atoms with Crippen LogP contribution in [0.15, 0.2) is 21.9 Å². The zero-order valence-corrected chi connectivity index (χ0v) is 19.1. The first-order valence-corrected chi connectivity index (χ1v) is 12.5. The molecule has 10 heteroatoms. The fourth-order valence-corrected chi connectivity index (χ4v) is 4.52. The Morgan fingerprint density at radius 3 is 2.52 bits per heavy atom. The van der Waals surface area contributed by atoms with Gasteiger partial charge in [-0.05, 0) is 18.1 Å². The van der Waals surface area contributed by atoms with E-state index in [2.05, 4.69) is 38.8 Å². The number of carbonyl (C=O) groups is 1. The molecular weight excluding hydrogens is 394 g/mol. The Morgan fingerprint density at radius 2 is 2.03 bits per heavy atom. The lowest BCUT2D eigenvalue weighted by Gasteiger charge is -2.42. The summed E-state index contributed by atoms with van der Waals surface area (Å²) in [7, 11) is -2.30. The topological polar surface area (TPSA) is 123 Å². The first kappa shape index (κ1) is 23.2. The van der Waals surface area contributed by atoms with E-state index in [1.165, 1.54) is 23.8 Å². The van der Waals surface area contributed by atoms with Gasteiger partial charge < -0.3 is 19.3 Å². The van der Waals surface area contributed by atoms with Crippen LogP contribution in [0.1, 0.15) is 40.8 Å². The summed E-state index contributed by atoms with van der Waals surface area (Å²) in [6, 6.07) is 1.23. The molecule has 1 aliphatic heterocycles. The molecule has 0 amide bonds. The second-order valence-corrected chi connectivity index (χ2v) is 13.8. The molecule has 4 unspecified atom stereocenters. The van der Waals surface area contributed by atoms with Crippen LogP contribution in [-0.2, 0) is 18.7 Å². The SMILES string of the molecule is CC(=O)OCC1(C=N)OC(n2ccc(=O)[nH]c2=O)C(C)C1O[Si](C)(C)C(C)(C)C. The number of hydrogen-bond acceptors (Lipinski definition) is 7. The first-order chi connectivity index (χ1) is 13.2. The van der Waals surface area contributed by atoms with Crippen LogP contribution in [0.25, 0.3) is 0 Å². The van der Waals surface area contributed by atoms with E-state index in [4.69, 9.17) is 19.3 Å². The molecule has 2 rings (SSSR count). The van der Waals surface area contributed by atoms with Crippen LogP contribution in [0.2, 0.25) is 18.1 Å². The molecule has 2 N–H and O–H groups in total. The summed E-state index contributed by atoms with van der Waals surface area (Å²) in [5, 5.41) is 7.96. The van der Waals surface area contributed by atoms with Gasteiger partial charge in [-0.1, -0.05) is 27.7 Å². The molecule has 162 valence electrons. The van der Waals surface area contributed by atoms with Crippen molar-refractivity contribution in [3.8, 4) is 0 Å². The fraction of sp³-hybridized carbons (Fsp3) is 0.684. The molecule has 0 radical (unpaired) electrons. The van der Waals surface area contributed by atoms with Crippen molar-refractivity contribution in [2.24, 2.45) is 5.92 Å². The third-order valence-electron chi connectivity index (χ3n) is 5.85. The number of nitrogens with one attached hydrogen (secondary N) is 2. The molecular formula is C19H31N3O6Si. The summed E-state index contributed by atoms with van der Waals surface area (Å²) in [6.45, 7) is 13.4. The van der Waals surface area contributed by atoms with E-state index in [0.29, 0.717) is 0 Å². The van der Waals surface area contributed by atoms with Gasteiger partial charge >= 0.3 is 11.7 Å². The maximum atomic E-state index is 12.3. The minimum absolute atomic E-state index is 0.102. The van der Waals surface area contributed by atoms with Crippen LogP contribution >= 0.6 is 0 Å². The predicted octanol–water partition coefficient (Wildman–Crippen LogP) is 2.04. The van der Waals surface area contributed by atoms with E-state index in [-0.39, 0.29) is 17.6 Å². The third kappa shape index (κ3) is 4.59. The first-order valence-electron chi connectivity index (χ1n) is 9.56. The monoisotopic (exact) mass is 425 g/mol. The maximum absolute atomic E-state index is 12.3. The van der Waals surface area contributed by atoms with Crippen LogP contribution in [0.3, 0.4) is 0 Å². The van der Waals surface area contributed by atoms with Gasteiger partial charge in [0, 0.05) is 31.3 Å². The van der Waals surface area contributed by atoms with Crippen LogP contribution < -0.4 is 11.2 Å². The molecule has 1 saturated heterocycles. The van der Waals surface area contributed by atoms with Crippen molar-refractivity contribution in [2.75, 3.05) is 6.61 Å². The second-order valence-electron chi connectivity index (χ2n) is 9.06. The van der Waals surface area contributed by atoms with Crippen LogP contribution in [-0.4, -0.2) is 48.4 Å². The lowest BCUT2D eigenvalue weighted by molar-refractivity contribution is -0.151. The molecule has 0 aromatic carbocycles. The number of ether oxygens (including phenoxy) is 2. The molecule has 1 fully saturated rings. The molecule has 29 heavy (non-hydrogen) atoms. The highest BCUT2D eigenvalue weighted by Gasteiger charge is 2.57. The highest BCUT2D eigenvalue weighted by atomic mass is 28.4. The van der Waals surface area contributed by atoms with Gasteiger partial charge in [0.2, 0.25) is 0 Å². The molecule has 0 saturated carbocycles. The standard InChI is InChI=1S/C19H31N3O6Si/c1-12-15(28-29(6,7)18(3,4)5)19(10-20,11-26-13(2)23)27-16(12)22-9-8-14(24)21-17(22)25/h8-10,12,15-16,20H,11H2,1-7H3,(H,21,24,25). The van der Waals surface area contributed by atoms with E-state index in [1.807, 2.05) is 6.92 Å². The van der Waals surface area contributed by atoms with Crippen molar-refractivity contribution in [1.29, 1.82) is 5.41 Å². The number of hydrogen-bond donors (Lipinski definition) is 2. The summed E-state index contributed by atoms with van der Waals surface area (Å²) in [5.74, 6) is -0.858. The number of rotatable bonds is 6. The van der Waals surface area contributed by atoms with E-state index in [9.17, 15) is 14.4 Å². The average Bonchev–Trinajstić information content (AvgIpc) is 2.85. The molecule has 1 aromatic heterocycles. The van der Waals surface area contributed by atoms with Crippen LogP contribution in [0, 0.1) is 11.3 Å². The van der Waals surface area contributed by atoms with E-state index >= 15 is 0 Å². The number of esters is 1. The summed E-state index contributed by atoms with van der Waals surface area (Å²) < 4.78 is 19.2. The maximum Gasteiger partial charge on any atom is 0.330 e. The summed E-state index contributed by atoms with van der Waals surface area (Å²) >= 11 is 0. The fourth-order valence-electron chi connectivity index (χ4n) is 3.12. The second kappa shape index (κ2) is 8.00. The zero-order chi connectivity index (χ0) is 22.2. The minimum Gasteiger partial charge on any atom is -0.462 e. The normalized spacial score (nSPS) is 27.6. The Balaban J connectivity index is 2.52. The Labute approximate surface area is 171 Å². The van der Waals surface area contributed by atoms with Gasteiger partial charge in [0.15, 0.2) is 13.9 Å². The Hall–Kier alpha value is -2.04. The molecule has 1 aliphatic rings. The lowest BCUT2D eigenvalue weighted by Crippen LogP contribution is -2.55. The van der Waals surface area contributed by atoms with Gasteiger partial charge in [-0.25, -0.2) is 4.79 Å². The van der Waals surface area contributed by atoms with E-state index < -0.39 is 43.5 Å². The summed E-state index contributed by atoms with van der Waals surface area (Å²) in [6.07, 6.45) is 1.02. The van der Waals surface area contributed by atoms with Crippen molar-refractivity contribution < 1.29 is 18.7 Å². The molecule has 0 spiro atoms. The highest BCUT2D eigenvalue weighted by molar-refractivity contribution is 6.74. The third-order valence-corrected chi connectivity index (χ3v) is 10.3. The molecule has 4 atom stereocenters. The Morgan fingerprint density at radius 1 is 1.41 bits per heavy atom. The molecule has 1 aromatic rings. The molecule has 0 aliphatic carbocycles. The molecule has 2 heterocycles. The van der Waals surface area contributed by atoms with Gasteiger partial charge in [-0.2, -0.15) is 0 Å². The number of aromatic nitrogens is 2. The van der Waals surface area contributed by atoms with Crippen LogP contribution in [0.5, 0.6) is 0 Å². The quantitative estimate of drug-likeness (QED) is 0.408. The highest BCUT2D eigenvalue weighted by Crippen LogP contribution is 2.46. The number of carbonyl (C=O) groups excluding carboxylic acids is 1. The largest absolute Gasteiger partial charge is 0.462 e. The smallest absolute Gasteiger partial charge is 0.330 e. The number of nitrogens with zero attached hydrogens (tertiary/aromatic N) is 1. The van der Waals surface area contributed by atoms with Crippen molar-refractivity contribution in [3.63, 3.8) is 0 Å². The predicted molar refractivity (Wildman–Crippen MR) is 111 cm³/mol. The van der Waals surface area contributed by atoms with Crippen LogP contribution in [0.4, 0.5) is 0 Å². The summed E-state index contributed by atoms with van der Waals surface area (Å²) in [4.78, 5) is 37.5. The Kier molecular flexibility index (Phi) is 6.41. The van der Waals surface area contributed by atoms with Gasteiger partial charge in [0.1, 0.15) is 12.8 Å². The minimum atomic E-state index is -2.30.